The topological polar surface area (TPSA) is 65.4 Å². The number of rotatable bonds is 1. The summed E-state index contributed by atoms with van der Waals surface area (Å²) in [6.45, 7) is 2.23. The predicted molar refractivity (Wildman–Crippen MR) is 83.4 cm³/mol. The van der Waals surface area contributed by atoms with E-state index >= 15 is 0 Å². The molecule has 22 heavy (non-hydrogen) atoms. The van der Waals surface area contributed by atoms with E-state index in [4.69, 9.17) is 9.47 Å². The van der Waals surface area contributed by atoms with Gasteiger partial charge in [0, 0.05) is 12.6 Å². The number of nitrogens with zero attached hydrogens (tertiary/aromatic N) is 2. The van der Waals surface area contributed by atoms with E-state index in [0.717, 1.165) is 34.1 Å². The first-order chi connectivity index (χ1) is 10.6. The molecule has 0 saturated carbocycles. The van der Waals surface area contributed by atoms with Gasteiger partial charge >= 0.3 is 0 Å². The Labute approximate surface area is 131 Å². The average molecular weight is 317 g/mol. The molecular weight excluding hydrogens is 302 g/mol. The molecule has 6 nitrogen and oxygen atoms in total. The lowest BCUT2D eigenvalue weighted by atomic mass is 10.0. The molecule has 0 saturated heterocycles. The summed E-state index contributed by atoms with van der Waals surface area (Å²) < 4.78 is 12.6. The van der Waals surface area contributed by atoms with Crippen LogP contribution in [0.25, 0.3) is 0 Å². The van der Waals surface area contributed by atoms with E-state index < -0.39 is 0 Å². The number of amides is 1. The second kappa shape index (κ2) is 4.95. The fraction of sp³-hybridized carbons (Fsp3) is 0.333. The van der Waals surface area contributed by atoms with Gasteiger partial charge in [0.05, 0.1) is 16.7 Å². The number of thioether (sulfide) groups is 1. The number of anilines is 1. The van der Waals surface area contributed by atoms with Gasteiger partial charge in [0.15, 0.2) is 11.5 Å². The molecule has 7 heteroatoms. The average Bonchev–Trinajstić information content (AvgIpc) is 3.00. The predicted octanol–water partition coefficient (Wildman–Crippen LogP) is 2.23. The van der Waals surface area contributed by atoms with Gasteiger partial charge in [-0.25, -0.2) is 0 Å². The number of ether oxygens (including phenoxy) is 2. The molecular formula is C15H15N3O3S. The summed E-state index contributed by atoms with van der Waals surface area (Å²) in [5, 5.41) is 7.44. The maximum absolute atomic E-state index is 12.0. The Morgan fingerprint density at radius 2 is 2.18 bits per heavy atom. The smallest absolute Gasteiger partial charge is 0.235 e. The van der Waals surface area contributed by atoms with E-state index in [0.29, 0.717) is 5.75 Å². The molecule has 1 atom stereocenters. The lowest BCUT2D eigenvalue weighted by Crippen LogP contribution is -2.15. The lowest BCUT2D eigenvalue weighted by Gasteiger charge is -2.15. The molecule has 0 radical (unpaired) electrons. The van der Waals surface area contributed by atoms with Gasteiger partial charge in [-0.1, -0.05) is 6.07 Å². The molecule has 2 aliphatic heterocycles. The number of hydrogen-bond donors (Lipinski definition) is 1. The third-order valence-corrected chi connectivity index (χ3v) is 5.14. The van der Waals surface area contributed by atoms with Crippen molar-refractivity contribution in [3.05, 3.63) is 35.0 Å². The van der Waals surface area contributed by atoms with E-state index in [1.54, 1.807) is 16.4 Å². The van der Waals surface area contributed by atoms with Crippen LogP contribution in [0.2, 0.25) is 0 Å². The third kappa shape index (κ3) is 2.04. The third-order valence-electron chi connectivity index (χ3n) is 3.87. The molecule has 1 N–H and O–H groups in total. The van der Waals surface area contributed by atoms with Gasteiger partial charge in [-0.15, -0.1) is 11.8 Å². The largest absolute Gasteiger partial charge is 0.454 e. The highest BCUT2D eigenvalue weighted by molar-refractivity contribution is 8.00. The number of fused-ring (bicyclic) bond motifs is 2. The zero-order chi connectivity index (χ0) is 15.3. The van der Waals surface area contributed by atoms with Crippen LogP contribution < -0.4 is 14.8 Å². The maximum Gasteiger partial charge on any atom is 0.235 e. The van der Waals surface area contributed by atoms with Crippen molar-refractivity contribution in [2.75, 3.05) is 17.9 Å². The Hall–Kier alpha value is -2.15. The molecule has 3 heterocycles. The second-order valence-corrected chi connectivity index (χ2v) is 6.42. The van der Waals surface area contributed by atoms with Crippen LogP contribution in [0.5, 0.6) is 11.5 Å². The minimum Gasteiger partial charge on any atom is -0.454 e. The monoisotopic (exact) mass is 317 g/mol. The summed E-state index contributed by atoms with van der Waals surface area (Å²) in [4.78, 5) is 12.0. The van der Waals surface area contributed by atoms with E-state index in [1.165, 1.54) is 0 Å². The van der Waals surface area contributed by atoms with Crippen molar-refractivity contribution in [1.29, 1.82) is 0 Å². The van der Waals surface area contributed by atoms with Gasteiger partial charge in [0.25, 0.3) is 0 Å². The summed E-state index contributed by atoms with van der Waals surface area (Å²) in [5.41, 5.74) is 3.06. The highest BCUT2D eigenvalue weighted by Gasteiger charge is 2.30. The molecule has 0 aliphatic carbocycles. The van der Waals surface area contributed by atoms with E-state index in [1.807, 2.05) is 32.2 Å². The Bertz CT molecular complexity index is 772. The molecule has 114 valence electrons. The molecule has 0 spiro atoms. The Kier molecular flexibility index (Phi) is 3.04. The zero-order valence-electron chi connectivity index (χ0n) is 12.3. The van der Waals surface area contributed by atoms with Crippen LogP contribution in [-0.4, -0.2) is 28.2 Å². The van der Waals surface area contributed by atoms with Gasteiger partial charge in [-0.2, -0.15) is 5.10 Å². The number of carbonyl (C=O) groups excluding carboxylic acids is 1. The molecule has 4 rings (SSSR count). The molecule has 2 aromatic rings. The highest BCUT2D eigenvalue weighted by atomic mass is 32.2. The van der Waals surface area contributed by atoms with Crippen LogP contribution in [0.4, 0.5) is 5.82 Å². The first-order valence-corrected chi connectivity index (χ1v) is 8.03. The van der Waals surface area contributed by atoms with Crippen molar-refractivity contribution in [2.24, 2.45) is 7.05 Å². The SMILES string of the molecule is Cc1nn(C)c2c1C(c1ccc3c(c1)OCO3)SCC(=O)N2. The maximum atomic E-state index is 12.0. The zero-order valence-corrected chi connectivity index (χ0v) is 13.1. The first-order valence-electron chi connectivity index (χ1n) is 6.98. The van der Waals surface area contributed by atoms with Crippen LogP contribution in [0.1, 0.15) is 22.1 Å². The van der Waals surface area contributed by atoms with Crippen LogP contribution in [-0.2, 0) is 11.8 Å². The molecule has 1 aromatic carbocycles. The number of nitrogens with one attached hydrogen (secondary N) is 1. The number of hydrogen-bond acceptors (Lipinski definition) is 5. The molecule has 0 fully saturated rings. The summed E-state index contributed by atoms with van der Waals surface area (Å²) >= 11 is 1.60. The van der Waals surface area contributed by atoms with Crippen molar-refractivity contribution < 1.29 is 14.3 Å². The Balaban J connectivity index is 1.83. The summed E-state index contributed by atoms with van der Waals surface area (Å²) in [6.07, 6.45) is 0. The van der Waals surface area contributed by atoms with Crippen molar-refractivity contribution in [1.82, 2.24) is 9.78 Å². The first kappa shape index (κ1) is 13.5. The molecule has 0 bridgehead atoms. The highest BCUT2D eigenvalue weighted by Crippen LogP contribution is 2.45. The number of aryl methyl sites for hydroxylation is 2. The van der Waals surface area contributed by atoms with Gasteiger partial charge in [-0.05, 0) is 24.6 Å². The van der Waals surface area contributed by atoms with Gasteiger partial charge in [0.2, 0.25) is 12.7 Å². The lowest BCUT2D eigenvalue weighted by molar-refractivity contribution is -0.113. The van der Waals surface area contributed by atoms with Gasteiger partial charge in [-0.3, -0.25) is 9.48 Å². The van der Waals surface area contributed by atoms with E-state index in [9.17, 15) is 4.79 Å². The summed E-state index contributed by atoms with van der Waals surface area (Å²) in [6, 6.07) is 5.94. The summed E-state index contributed by atoms with van der Waals surface area (Å²) in [5.74, 6) is 2.70. The van der Waals surface area contributed by atoms with E-state index in [-0.39, 0.29) is 18.0 Å². The second-order valence-electron chi connectivity index (χ2n) is 5.32. The summed E-state index contributed by atoms with van der Waals surface area (Å²) in [7, 11) is 1.85. The van der Waals surface area contributed by atoms with Gasteiger partial charge in [0.1, 0.15) is 5.82 Å². The standard InChI is InChI=1S/C15H15N3O3S/c1-8-13-14(9-3-4-10-11(5-9)21-7-20-10)22-6-12(19)16-15(13)18(2)17-8/h3-5,14H,6-7H2,1-2H3,(H,16,19). The van der Waals surface area contributed by atoms with Gasteiger partial charge < -0.3 is 14.8 Å². The minimum absolute atomic E-state index is 0.00232. The Morgan fingerprint density at radius 3 is 3.05 bits per heavy atom. The van der Waals surface area contributed by atoms with Crippen LogP contribution in [0.15, 0.2) is 18.2 Å². The molecule has 1 aromatic heterocycles. The minimum atomic E-state index is -0.00232. The molecule has 2 aliphatic rings. The van der Waals surface area contributed by atoms with Crippen molar-refractivity contribution >= 4 is 23.5 Å². The van der Waals surface area contributed by atoms with Crippen molar-refractivity contribution in [3.8, 4) is 11.5 Å². The molecule has 1 unspecified atom stereocenters. The van der Waals surface area contributed by atoms with Crippen molar-refractivity contribution in [2.45, 2.75) is 12.2 Å². The number of aromatic nitrogens is 2. The van der Waals surface area contributed by atoms with E-state index in [2.05, 4.69) is 10.4 Å². The van der Waals surface area contributed by atoms with Crippen LogP contribution in [0, 0.1) is 6.92 Å². The fourth-order valence-corrected chi connectivity index (χ4v) is 4.06. The molecule has 1 amide bonds. The number of carbonyl (C=O) groups is 1. The quantitative estimate of drug-likeness (QED) is 0.874. The van der Waals surface area contributed by atoms with Crippen molar-refractivity contribution in [3.63, 3.8) is 0 Å². The van der Waals surface area contributed by atoms with Crippen LogP contribution in [0.3, 0.4) is 0 Å². The Morgan fingerprint density at radius 1 is 1.36 bits per heavy atom. The fourth-order valence-electron chi connectivity index (χ4n) is 2.89. The van der Waals surface area contributed by atoms with Crippen LogP contribution >= 0.6 is 11.8 Å². The normalized spacial score (nSPS) is 19.5. The number of benzene rings is 1.